The van der Waals surface area contributed by atoms with Crippen LogP contribution >= 0.6 is 0 Å². The van der Waals surface area contributed by atoms with Gasteiger partial charge in [-0.25, -0.2) is 9.37 Å². The van der Waals surface area contributed by atoms with Gasteiger partial charge in [0.1, 0.15) is 12.4 Å². The van der Waals surface area contributed by atoms with Crippen LogP contribution in [0.3, 0.4) is 0 Å². The quantitative estimate of drug-likeness (QED) is 0.793. The van der Waals surface area contributed by atoms with Crippen molar-refractivity contribution in [2.45, 2.75) is 6.61 Å². The maximum atomic E-state index is 13.2. The van der Waals surface area contributed by atoms with Gasteiger partial charge in [-0.2, -0.15) is 0 Å². The van der Waals surface area contributed by atoms with Crippen LogP contribution in [0.15, 0.2) is 34.9 Å². The van der Waals surface area contributed by atoms with Gasteiger partial charge in [-0.05, 0) is 12.1 Å². The van der Waals surface area contributed by atoms with Gasteiger partial charge >= 0.3 is 0 Å². The van der Waals surface area contributed by atoms with E-state index in [1.165, 1.54) is 12.3 Å². The summed E-state index contributed by atoms with van der Waals surface area (Å²) in [5.74, 6) is 0.142. The van der Waals surface area contributed by atoms with Gasteiger partial charge in [-0.15, -0.1) is 0 Å². The highest BCUT2D eigenvalue weighted by atomic mass is 19.1. The lowest BCUT2D eigenvalue weighted by Gasteiger charge is -1.96. The normalized spacial score (nSPS) is 10.4. The molecule has 0 radical (unpaired) electrons. The predicted molar refractivity (Wildman–Crippen MR) is 47.8 cm³/mol. The molecule has 0 spiro atoms. The van der Waals surface area contributed by atoms with E-state index < -0.39 is 0 Å². The molecule has 0 aliphatic carbocycles. The summed E-state index contributed by atoms with van der Waals surface area (Å²) in [4.78, 5) is 3.77. The van der Waals surface area contributed by atoms with Crippen molar-refractivity contribution in [3.8, 4) is 11.3 Å². The molecule has 1 aromatic heterocycles. The zero-order valence-corrected chi connectivity index (χ0v) is 7.27. The van der Waals surface area contributed by atoms with Gasteiger partial charge in [0.25, 0.3) is 0 Å². The summed E-state index contributed by atoms with van der Waals surface area (Å²) in [6, 6.07) is 6.25. The Kier molecular flexibility index (Phi) is 2.28. The van der Waals surface area contributed by atoms with Gasteiger partial charge in [0, 0.05) is 0 Å². The summed E-state index contributed by atoms with van der Waals surface area (Å²) in [7, 11) is 0. The highest BCUT2D eigenvalue weighted by molar-refractivity contribution is 5.56. The maximum Gasteiger partial charge on any atom is 0.220 e. The Morgan fingerprint density at radius 3 is 2.79 bits per heavy atom. The Bertz CT molecular complexity index is 439. The molecule has 3 nitrogen and oxygen atoms in total. The molecule has 0 amide bonds. The zero-order valence-electron chi connectivity index (χ0n) is 7.27. The van der Waals surface area contributed by atoms with Gasteiger partial charge < -0.3 is 9.52 Å². The van der Waals surface area contributed by atoms with E-state index in [2.05, 4.69) is 4.98 Å². The molecule has 0 unspecified atom stereocenters. The van der Waals surface area contributed by atoms with Gasteiger partial charge in [-0.1, -0.05) is 12.1 Å². The van der Waals surface area contributed by atoms with Crippen LogP contribution in [0.5, 0.6) is 0 Å². The largest absolute Gasteiger partial charge is 0.438 e. The third-order valence-electron chi connectivity index (χ3n) is 1.83. The second-order valence-corrected chi connectivity index (χ2v) is 2.76. The number of hydrogen-bond acceptors (Lipinski definition) is 3. The third kappa shape index (κ3) is 1.52. The van der Waals surface area contributed by atoms with Gasteiger partial charge in [0.15, 0.2) is 5.76 Å². The molecule has 0 bridgehead atoms. The number of aliphatic hydroxyl groups excluding tert-OH is 1. The molecule has 0 atom stereocenters. The van der Waals surface area contributed by atoms with Crippen LogP contribution in [0.4, 0.5) is 4.39 Å². The maximum absolute atomic E-state index is 13.2. The van der Waals surface area contributed by atoms with Crippen LogP contribution in [-0.4, -0.2) is 10.1 Å². The number of hydrogen-bond donors (Lipinski definition) is 1. The number of benzene rings is 1. The Balaban J connectivity index is 2.44. The van der Waals surface area contributed by atoms with Crippen LogP contribution in [0.1, 0.15) is 5.89 Å². The van der Waals surface area contributed by atoms with E-state index in [0.29, 0.717) is 11.3 Å². The standard InChI is InChI=1S/C10H8FNO2/c11-8-4-2-1-3-7(8)9-5-12-10(6-13)14-9/h1-5,13H,6H2. The fourth-order valence-corrected chi connectivity index (χ4v) is 1.17. The first-order valence-electron chi connectivity index (χ1n) is 4.11. The molecule has 72 valence electrons. The van der Waals surface area contributed by atoms with Gasteiger partial charge in [0.05, 0.1) is 11.8 Å². The van der Waals surface area contributed by atoms with Crippen LogP contribution in [-0.2, 0) is 6.61 Å². The van der Waals surface area contributed by atoms with Crippen molar-refractivity contribution in [1.82, 2.24) is 4.98 Å². The molecule has 0 saturated carbocycles. The van der Waals surface area contributed by atoms with E-state index in [9.17, 15) is 4.39 Å². The smallest absolute Gasteiger partial charge is 0.220 e. The average molecular weight is 193 g/mol. The molecule has 14 heavy (non-hydrogen) atoms. The Morgan fingerprint density at radius 1 is 1.36 bits per heavy atom. The van der Waals surface area contributed by atoms with E-state index in [4.69, 9.17) is 9.52 Å². The van der Waals surface area contributed by atoms with Crippen LogP contribution in [0, 0.1) is 5.82 Å². The highest BCUT2D eigenvalue weighted by Gasteiger charge is 2.09. The summed E-state index contributed by atoms with van der Waals surface area (Å²) in [5.41, 5.74) is 0.347. The summed E-state index contributed by atoms with van der Waals surface area (Å²) in [6.45, 7) is -0.283. The molecular formula is C10H8FNO2. The first-order chi connectivity index (χ1) is 6.81. The van der Waals surface area contributed by atoms with E-state index >= 15 is 0 Å². The highest BCUT2D eigenvalue weighted by Crippen LogP contribution is 2.22. The average Bonchev–Trinajstić information content (AvgIpc) is 2.67. The molecular weight excluding hydrogens is 185 g/mol. The number of rotatable bonds is 2. The Morgan fingerprint density at radius 2 is 2.14 bits per heavy atom. The second-order valence-electron chi connectivity index (χ2n) is 2.76. The summed E-state index contributed by atoms with van der Waals surface area (Å²) in [5, 5.41) is 8.72. The van der Waals surface area contributed by atoms with E-state index in [0.717, 1.165) is 0 Å². The van der Waals surface area contributed by atoms with Crippen molar-refractivity contribution in [1.29, 1.82) is 0 Å². The van der Waals surface area contributed by atoms with Crippen LogP contribution in [0.25, 0.3) is 11.3 Å². The van der Waals surface area contributed by atoms with Crippen molar-refractivity contribution in [2.24, 2.45) is 0 Å². The number of aliphatic hydroxyl groups is 1. The molecule has 0 fully saturated rings. The van der Waals surface area contributed by atoms with Crippen molar-refractivity contribution in [3.05, 3.63) is 42.2 Å². The molecule has 4 heteroatoms. The molecule has 0 saturated heterocycles. The van der Waals surface area contributed by atoms with Crippen molar-refractivity contribution in [3.63, 3.8) is 0 Å². The Labute approximate surface area is 79.8 Å². The lowest BCUT2D eigenvalue weighted by atomic mass is 10.2. The molecule has 1 heterocycles. The molecule has 0 aliphatic rings. The van der Waals surface area contributed by atoms with Crippen LogP contribution in [0.2, 0.25) is 0 Å². The van der Waals surface area contributed by atoms with Crippen LogP contribution < -0.4 is 0 Å². The summed E-state index contributed by atoms with van der Waals surface area (Å²) in [6.07, 6.45) is 1.39. The molecule has 2 aromatic rings. The molecule has 1 N–H and O–H groups in total. The number of oxazole rings is 1. The zero-order chi connectivity index (χ0) is 9.97. The van der Waals surface area contributed by atoms with Gasteiger partial charge in [-0.3, -0.25) is 0 Å². The topological polar surface area (TPSA) is 46.3 Å². The SMILES string of the molecule is OCc1ncc(-c2ccccc2F)o1. The first kappa shape index (κ1) is 8.90. The minimum absolute atomic E-state index is 0.184. The van der Waals surface area contributed by atoms with Crippen molar-refractivity contribution >= 4 is 0 Å². The summed E-state index contributed by atoms with van der Waals surface area (Å²) < 4.78 is 18.3. The molecule has 0 aliphatic heterocycles. The van der Waals surface area contributed by atoms with E-state index in [1.807, 2.05) is 0 Å². The predicted octanol–water partition coefficient (Wildman–Crippen LogP) is 1.97. The minimum Gasteiger partial charge on any atom is -0.438 e. The first-order valence-corrected chi connectivity index (χ1v) is 4.11. The molecule has 2 rings (SSSR count). The monoisotopic (exact) mass is 193 g/mol. The summed E-state index contributed by atoms with van der Waals surface area (Å²) >= 11 is 0. The third-order valence-corrected chi connectivity index (χ3v) is 1.83. The number of nitrogens with zero attached hydrogens (tertiary/aromatic N) is 1. The van der Waals surface area contributed by atoms with E-state index in [-0.39, 0.29) is 18.3 Å². The number of halogens is 1. The fourth-order valence-electron chi connectivity index (χ4n) is 1.17. The van der Waals surface area contributed by atoms with Gasteiger partial charge in [0.2, 0.25) is 5.89 Å². The Hall–Kier alpha value is -1.68. The van der Waals surface area contributed by atoms with E-state index in [1.54, 1.807) is 18.2 Å². The van der Waals surface area contributed by atoms with Crippen molar-refractivity contribution < 1.29 is 13.9 Å². The second kappa shape index (κ2) is 3.59. The minimum atomic E-state index is -0.367. The lowest BCUT2D eigenvalue weighted by molar-refractivity contribution is 0.241. The molecule has 1 aromatic carbocycles. The fraction of sp³-hybridized carbons (Fsp3) is 0.100. The lowest BCUT2D eigenvalue weighted by Crippen LogP contribution is -1.80. The van der Waals surface area contributed by atoms with Crippen molar-refractivity contribution in [2.75, 3.05) is 0 Å². The number of aromatic nitrogens is 1.